The van der Waals surface area contributed by atoms with Crippen LogP contribution in [0.2, 0.25) is 0 Å². The van der Waals surface area contributed by atoms with Crippen molar-refractivity contribution in [2.24, 2.45) is 0 Å². The fourth-order valence-electron chi connectivity index (χ4n) is 5.70. The molecule has 3 atom stereocenters. The van der Waals surface area contributed by atoms with Crippen molar-refractivity contribution in [3.05, 3.63) is 48.6 Å². The number of hydrogen-bond acceptors (Lipinski definition) is 9. The van der Waals surface area contributed by atoms with E-state index in [1.54, 1.807) is 12.2 Å². The van der Waals surface area contributed by atoms with Crippen LogP contribution in [0, 0.1) is 0 Å². The predicted molar refractivity (Wildman–Crippen MR) is 224 cm³/mol. The van der Waals surface area contributed by atoms with Crippen molar-refractivity contribution >= 4 is 19.8 Å². The van der Waals surface area contributed by atoms with Crippen LogP contribution in [0.4, 0.5) is 0 Å². The van der Waals surface area contributed by atoms with Gasteiger partial charge in [-0.2, -0.15) is 0 Å². The molecule has 0 heterocycles. The normalized spacial score (nSPS) is 14.3. The smallest absolute Gasteiger partial charge is 0.462 e. The zero-order chi connectivity index (χ0) is 40.5. The highest BCUT2D eigenvalue weighted by molar-refractivity contribution is 7.47. The highest BCUT2D eigenvalue weighted by Gasteiger charge is 2.26. The third-order valence-electron chi connectivity index (χ3n) is 9.06. The summed E-state index contributed by atoms with van der Waals surface area (Å²) in [6.07, 6.45) is 42.9. The molecule has 0 fully saturated rings. The van der Waals surface area contributed by atoms with Gasteiger partial charge in [-0.25, -0.2) is 9.36 Å². The van der Waals surface area contributed by atoms with E-state index in [9.17, 15) is 24.2 Å². The number of aliphatic hydroxyl groups is 2. The van der Waals surface area contributed by atoms with Gasteiger partial charge in [0.25, 0.3) is 0 Å². The van der Waals surface area contributed by atoms with Gasteiger partial charge in [0.15, 0.2) is 6.10 Å². The molecule has 1 unspecified atom stereocenters. The fraction of sp³-hybridized carbons (Fsp3) is 0.773. The molecule has 0 amide bonds. The van der Waals surface area contributed by atoms with Gasteiger partial charge in [0.1, 0.15) is 12.7 Å². The molecule has 0 bridgehead atoms. The third kappa shape index (κ3) is 39.9. The first-order valence-corrected chi connectivity index (χ1v) is 23.1. The van der Waals surface area contributed by atoms with Crippen LogP contribution in [0.15, 0.2) is 48.6 Å². The first-order chi connectivity index (χ1) is 26.7. The Hall–Kier alpha value is -2.07. The molecule has 0 saturated heterocycles. The van der Waals surface area contributed by atoms with Gasteiger partial charge in [-0.15, -0.1) is 0 Å². The Bertz CT molecular complexity index is 1060. The number of phosphoric acid groups is 1. The molecule has 0 aromatic heterocycles. The van der Waals surface area contributed by atoms with E-state index >= 15 is 0 Å². The van der Waals surface area contributed by atoms with Gasteiger partial charge in [-0.05, 0) is 44.9 Å². The van der Waals surface area contributed by atoms with Crippen molar-refractivity contribution in [2.75, 3.05) is 26.4 Å². The zero-order valence-electron chi connectivity index (χ0n) is 34.6. The molecular formula is C44H79O10P. The van der Waals surface area contributed by atoms with E-state index in [0.717, 1.165) is 25.7 Å². The second-order valence-electron chi connectivity index (χ2n) is 14.4. The second kappa shape index (κ2) is 40.1. The maximum Gasteiger partial charge on any atom is 0.472 e. The quantitative estimate of drug-likeness (QED) is 0.0137. The highest BCUT2D eigenvalue weighted by Crippen LogP contribution is 2.43. The lowest BCUT2D eigenvalue weighted by molar-refractivity contribution is -0.157. The van der Waals surface area contributed by atoms with Gasteiger partial charge in [-0.3, -0.25) is 13.8 Å². The highest BCUT2D eigenvalue weighted by atomic mass is 31.2. The molecular weight excluding hydrogens is 719 g/mol. The van der Waals surface area contributed by atoms with Crippen LogP contribution in [0.5, 0.6) is 0 Å². The maximum absolute atomic E-state index is 12.5. The minimum absolute atomic E-state index is 0.158. The van der Waals surface area contributed by atoms with Crippen LogP contribution in [-0.2, 0) is 32.7 Å². The number of unbranched alkanes of at least 4 members (excludes halogenated alkanes) is 21. The van der Waals surface area contributed by atoms with E-state index in [-0.39, 0.29) is 13.0 Å². The average molecular weight is 799 g/mol. The third-order valence-corrected chi connectivity index (χ3v) is 10.0. The lowest BCUT2D eigenvalue weighted by Gasteiger charge is -2.19. The van der Waals surface area contributed by atoms with E-state index in [4.69, 9.17) is 19.1 Å². The summed E-state index contributed by atoms with van der Waals surface area (Å²) >= 11 is 0. The SMILES string of the molecule is CCCCCCCCCCC/C=C/C/C=C/CCCC(=O)OC[C@H](COP(=O)(O)OC[C@@H](O)CO)OC(=O)/C=C/C=C/CCCCCCCCCCCCC. The largest absolute Gasteiger partial charge is 0.472 e. The number of rotatable bonds is 40. The van der Waals surface area contributed by atoms with Crippen LogP contribution < -0.4 is 0 Å². The van der Waals surface area contributed by atoms with Crippen LogP contribution in [0.3, 0.4) is 0 Å². The van der Waals surface area contributed by atoms with Gasteiger partial charge in [0.2, 0.25) is 0 Å². The van der Waals surface area contributed by atoms with Crippen molar-refractivity contribution < 1.29 is 47.8 Å². The van der Waals surface area contributed by atoms with E-state index in [1.165, 1.54) is 128 Å². The van der Waals surface area contributed by atoms with E-state index < -0.39 is 51.8 Å². The molecule has 0 aliphatic carbocycles. The number of ether oxygens (including phenoxy) is 2. The number of allylic oxidation sites excluding steroid dienone is 7. The predicted octanol–water partition coefficient (Wildman–Crippen LogP) is 11.3. The molecule has 3 N–H and O–H groups in total. The Morgan fingerprint density at radius 2 is 1.07 bits per heavy atom. The Balaban J connectivity index is 4.46. The molecule has 10 nitrogen and oxygen atoms in total. The maximum atomic E-state index is 12.5. The topological polar surface area (TPSA) is 149 Å². The van der Waals surface area contributed by atoms with Crippen molar-refractivity contribution in [1.29, 1.82) is 0 Å². The van der Waals surface area contributed by atoms with Crippen LogP contribution in [0.1, 0.15) is 181 Å². The first-order valence-electron chi connectivity index (χ1n) is 21.6. The van der Waals surface area contributed by atoms with Crippen LogP contribution in [-0.4, -0.2) is 65.7 Å². The average Bonchev–Trinajstić information content (AvgIpc) is 3.17. The summed E-state index contributed by atoms with van der Waals surface area (Å²) < 4.78 is 32.4. The standard InChI is InChI=1S/C44H79O10P/c1-3-5-7-9-11-13-15-17-19-20-22-23-25-27-29-31-33-35-43(47)51-39-42(40-53-55(49,50)52-38-41(46)37-45)54-44(48)36-34-32-30-28-26-24-21-18-16-14-12-10-8-6-4-2/h22-23,27,29-30,32,34,36,41-42,45-46H,3-21,24-26,28,31,33,35,37-40H2,1-2H3,(H,49,50)/b23-22+,29-27+,32-30+,36-34+/t41-,42+/m0/s1. The van der Waals surface area contributed by atoms with Gasteiger partial charge in [-0.1, -0.05) is 172 Å². The second-order valence-corrected chi connectivity index (χ2v) is 15.9. The lowest BCUT2D eigenvalue weighted by atomic mass is 10.1. The number of phosphoric ester groups is 1. The lowest BCUT2D eigenvalue weighted by Crippen LogP contribution is -2.29. The molecule has 0 spiro atoms. The Morgan fingerprint density at radius 3 is 1.60 bits per heavy atom. The van der Waals surface area contributed by atoms with Gasteiger partial charge < -0.3 is 24.6 Å². The number of aliphatic hydroxyl groups excluding tert-OH is 2. The zero-order valence-corrected chi connectivity index (χ0v) is 35.5. The van der Waals surface area contributed by atoms with Gasteiger partial charge in [0.05, 0.1) is 19.8 Å². The molecule has 320 valence electrons. The van der Waals surface area contributed by atoms with E-state index in [2.05, 4.69) is 36.6 Å². The summed E-state index contributed by atoms with van der Waals surface area (Å²) in [7, 11) is -4.65. The molecule has 11 heteroatoms. The summed E-state index contributed by atoms with van der Waals surface area (Å²) in [5, 5.41) is 18.3. The van der Waals surface area contributed by atoms with Crippen molar-refractivity contribution in [3.63, 3.8) is 0 Å². The minimum Gasteiger partial charge on any atom is -0.462 e. The molecule has 0 rings (SSSR count). The molecule has 0 aromatic rings. The first kappa shape index (κ1) is 52.9. The molecule has 0 saturated carbocycles. The van der Waals surface area contributed by atoms with Gasteiger partial charge in [0, 0.05) is 12.5 Å². The van der Waals surface area contributed by atoms with E-state index in [1.807, 2.05) is 12.2 Å². The molecule has 0 aromatic carbocycles. The molecule has 0 radical (unpaired) electrons. The number of hydrogen-bond donors (Lipinski definition) is 3. The summed E-state index contributed by atoms with van der Waals surface area (Å²) in [5.74, 6) is -1.23. The van der Waals surface area contributed by atoms with Crippen molar-refractivity contribution in [2.45, 2.75) is 193 Å². The van der Waals surface area contributed by atoms with Crippen LogP contribution in [0.25, 0.3) is 0 Å². The Labute approximate surface area is 334 Å². The summed E-state index contributed by atoms with van der Waals surface area (Å²) in [6.45, 7) is 2.21. The Morgan fingerprint density at radius 1 is 0.600 bits per heavy atom. The van der Waals surface area contributed by atoms with Crippen LogP contribution >= 0.6 is 7.82 Å². The monoisotopic (exact) mass is 799 g/mol. The number of carbonyl (C=O) groups excluding carboxylic acids is 2. The summed E-state index contributed by atoms with van der Waals surface area (Å²) in [5.41, 5.74) is 0. The van der Waals surface area contributed by atoms with E-state index in [0.29, 0.717) is 12.8 Å². The van der Waals surface area contributed by atoms with Crippen molar-refractivity contribution in [3.8, 4) is 0 Å². The fourth-order valence-corrected chi connectivity index (χ4v) is 6.49. The molecule has 55 heavy (non-hydrogen) atoms. The summed E-state index contributed by atoms with van der Waals surface area (Å²) in [6, 6.07) is 0. The Kier molecular flexibility index (Phi) is 38.6. The minimum atomic E-state index is -4.65. The number of carbonyl (C=O) groups is 2. The molecule has 0 aliphatic rings. The van der Waals surface area contributed by atoms with Gasteiger partial charge >= 0.3 is 19.8 Å². The van der Waals surface area contributed by atoms with Crippen molar-refractivity contribution in [1.82, 2.24) is 0 Å². The number of esters is 2. The summed E-state index contributed by atoms with van der Waals surface area (Å²) in [4.78, 5) is 34.8. The molecule has 0 aliphatic heterocycles.